The molecule has 0 saturated heterocycles. The molecule has 0 fully saturated rings. The zero-order chi connectivity index (χ0) is 42.2. The third kappa shape index (κ3) is 7.39. The Kier molecular flexibility index (Phi) is 10.7. The van der Waals surface area contributed by atoms with Crippen LogP contribution in [0.1, 0.15) is 55.9 Å². The molecular formula is C54H48O6. The Hall–Kier alpha value is -6.79. The number of benzene rings is 7. The van der Waals surface area contributed by atoms with Crippen LogP contribution in [0.3, 0.4) is 0 Å². The van der Waals surface area contributed by atoms with Gasteiger partial charge in [0.1, 0.15) is 6.61 Å². The van der Waals surface area contributed by atoms with Crippen molar-refractivity contribution < 1.29 is 28.6 Å². The van der Waals surface area contributed by atoms with E-state index in [0.717, 1.165) is 56.1 Å². The molecule has 1 atom stereocenters. The summed E-state index contributed by atoms with van der Waals surface area (Å²) in [5.74, 6) is -1.43. The third-order valence-electron chi connectivity index (χ3n) is 12.0. The maximum absolute atomic E-state index is 12.9. The van der Waals surface area contributed by atoms with Crippen LogP contribution in [0.15, 0.2) is 147 Å². The van der Waals surface area contributed by atoms with Crippen molar-refractivity contribution in [3.63, 3.8) is 0 Å². The Morgan fingerprint density at radius 3 is 1.75 bits per heavy atom. The van der Waals surface area contributed by atoms with Crippen molar-refractivity contribution in [1.29, 1.82) is 0 Å². The highest BCUT2D eigenvalue weighted by atomic mass is 16.5. The highest BCUT2D eigenvalue weighted by molar-refractivity contribution is 6.25. The summed E-state index contributed by atoms with van der Waals surface area (Å²) in [6.45, 7) is 18.0. The van der Waals surface area contributed by atoms with Crippen LogP contribution >= 0.6 is 0 Å². The zero-order valence-corrected chi connectivity index (χ0v) is 34.4. The van der Waals surface area contributed by atoms with Gasteiger partial charge in [-0.25, -0.2) is 14.4 Å². The topological polar surface area (TPSA) is 78.9 Å². The number of carbonyl (C=O) groups is 3. The molecule has 300 valence electrons. The zero-order valence-electron chi connectivity index (χ0n) is 34.4. The summed E-state index contributed by atoms with van der Waals surface area (Å²) in [5.41, 5.74) is 9.99. The largest absolute Gasteiger partial charge is 0.463 e. The number of rotatable bonds is 14. The number of hydrogen-bond donors (Lipinski definition) is 0. The molecular weight excluding hydrogens is 745 g/mol. The number of hydrogen-bond acceptors (Lipinski definition) is 6. The molecule has 8 rings (SSSR count). The standard InChI is InChI=1S/C54H48O6/c1-7-48(55)58-27-10-26-54(33-60-50(57)9-3)46-31-37(35-13-11-34(12-14-35)25-28-59-49(56)8-2)18-22-43(46)44-23-19-38(32-47(44)54)42-21-17-36-15-16-39-29-41(53(4,5)6)30-40-20-24-45(42)52(36)51(39)40/h7-9,11-24,29-32H,1-3,10,25-28,33H2,4-6H3. The lowest BCUT2D eigenvalue weighted by Gasteiger charge is -2.32. The molecule has 1 unspecified atom stereocenters. The van der Waals surface area contributed by atoms with Gasteiger partial charge >= 0.3 is 17.9 Å². The summed E-state index contributed by atoms with van der Waals surface area (Å²) in [4.78, 5) is 36.5. The van der Waals surface area contributed by atoms with Crippen LogP contribution in [0.25, 0.3) is 65.7 Å². The highest BCUT2D eigenvalue weighted by Crippen LogP contribution is 2.54. The van der Waals surface area contributed by atoms with Crippen molar-refractivity contribution in [2.24, 2.45) is 0 Å². The SMILES string of the molecule is C=CC(=O)OCCCC1(COC(=O)C=C)c2cc(-c3ccc(CCOC(=O)C=C)cc3)ccc2-c2ccc(-c3ccc4ccc5cc(C(C)(C)C)cc6ccc3c4c56)cc21. The fraction of sp³-hybridized carbons (Fsp3) is 0.204. The molecule has 1 aliphatic rings. The van der Waals surface area contributed by atoms with Gasteiger partial charge in [0.25, 0.3) is 0 Å². The molecule has 0 heterocycles. The van der Waals surface area contributed by atoms with Crippen LogP contribution in [0.2, 0.25) is 0 Å². The average molecular weight is 793 g/mol. The second kappa shape index (κ2) is 16.1. The van der Waals surface area contributed by atoms with Crippen LogP contribution in [0, 0.1) is 0 Å². The van der Waals surface area contributed by atoms with E-state index in [9.17, 15) is 14.4 Å². The number of carbonyl (C=O) groups excluding carboxylic acids is 3. The summed E-state index contributed by atoms with van der Waals surface area (Å²) >= 11 is 0. The van der Waals surface area contributed by atoms with Crippen LogP contribution in [0.4, 0.5) is 0 Å². The Morgan fingerprint density at radius 1 is 0.567 bits per heavy atom. The molecule has 0 bridgehead atoms. The molecule has 6 nitrogen and oxygen atoms in total. The van der Waals surface area contributed by atoms with Gasteiger partial charge in [-0.1, -0.05) is 138 Å². The molecule has 7 aromatic carbocycles. The Morgan fingerprint density at radius 2 is 1.10 bits per heavy atom. The van der Waals surface area contributed by atoms with Gasteiger partial charge in [0.15, 0.2) is 0 Å². The van der Waals surface area contributed by atoms with E-state index in [1.54, 1.807) is 0 Å². The van der Waals surface area contributed by atoms with E-state index in [1.165, 1.54) is 50.0 Å². The van der Waals surface area contributed by atoms with Crippen molar-refractivity contribution >= 4 is 50.2 Å². The second-order valence-corrected chi connectivity index (χ2v) is 16.6. The van der Waals surface area contributed by atoms with Gasteiger partial charge in [-0.2, -0.15) is 0 Å². The Labute approximate surface area is 351 Å². The van der Waals surface area contributed by atoms with Crippen LogP contribution in [0.5, 0.6) is 0 Å². The molecule has 1 aliphatic carbocycles. The van der Waals surface area contributed by atoms with E-state index in [-0.39, 0.29) is 25.2 Å². The molecule has 0 N–H and O–H groups in total. The van der Waals surface area contributed by atoms with Gasteiger partial charge in [-0.05, 0) is 118 Å². The van der Waals surface area contributed by atoms with Gasteiger partial charge in [0.2, 0.25) is 0 Å². The first kappa shape index (κ1) is 40.0. The molecule has 0 aromatic heterocycles. The van der Waals surface area contributed by atoms with E-state index in [4.69, 9.17) is 14.2 Å². The molecule has 0 saturated carbocycles. The normalized spacial score (nSPS) is 14.4. The minimum absolute atomic E-state index is 0.0212. The number of fused-ring (bicyclic) bond motifs is 3. The van der Waals surface area contributed by atoms with Gasteiger partial charge in [0, 0.05) is 24.6 Å². The lowest BCUT2D eigenvalue weighted by atomic mass is 9.74. The monoisotopic (exact) mass is 792 g/mol. The van der Waals surface area contributed by atoms with Crippen molar-refractivity contribution in [3.8, 4) is 33.4 Å². The molecule has 7 aromatic rings. The summed E-state index contributed by atoms with van der Waals surface area (Å²) < 4.78 is 16.7. The Balaban J connectivity index is 1.25. The van der Waals surface area contributed by atoms with Gasteiger partial charge in [-0.3, -0.25) is 0 Å². The van der Waals surface area contributed by atoms with Gasteiger partial charge in [0.05, 0.1) is 18.6 Å². The third-order valence-corrected chi connectivity index (χ3v) is 12.0. The molecule has 60 heavy (non-hydrogen) atoms. The number of ether oxygens (including phenoxy) is 3. The first-order valence-electron chi connectivity index (χ1n) is 20.4. The summed E-state index contributed by atoms with van der Waals surface area (Å²) in [6, 6.07) is 39.4. The molecule has 6 heteroatoms. The predicted octanol–water partition coefficient (Wildman–Crippen LogP) is 12.0. The van der Waals surface area contributed by atoms with Crippen molar-refractivity contribution in [2.75, 3.05) is 19.8 Å². The van der Waals surface area contributed by atoms with E-state index in [0.29, 0.717) is 19.3 Å². The van der Waals surface area contributed by atoms with Crippen molar-refractivity contribution in [2.45, 2.75) is 50.9 Å². The highest BCUT2D eigenvalue weighted by Gasteiger charge is 2.44. The fourth-order valence-electron chi connectivity index (χ4n) is 8.89. The van der Waals surface area contributed by atoms with E-state index < -0.39 is 23.3 Å². The van der Waals surface area contributed by atoms with Crippen LogP contribution in [-0.2, 0) is 45.8 Å². The molecule has 0 amide bonds. The maximum atomic E-state index is 12.9. The van der Waals surface area contributed by atoms with Crippen molar-refractivity contribution in [3.05, 3.63) is 169 Å². The molecule has 0 aliphatic heterocycles. The smallest absolute Gasteiger partial charge is 0.330 e. The molecule has 0 radical (unpaired) electrons. The first-order chi connectivity index (χ1) is 28.9. The first-order valence-corrected chi connectivity index (χ1v) is 20.4. The summed E-state index contributed by atoms with van der Waals surface area (Å²) in [6.07, 6.45) is 5.15. The maximum Gasteiger partial charge on any atom is 0.330 e. The number of esters is 3. The average Bonchev–Trinajstić information content (AvgIpc) is 3.53. The lowest BCUT2D eigenvalue weighted by Crippen LogP contribution is -2.33. The minimum Gasteiger partial charge on any atom is -0.463 e. The van der Waals surface area contributed by atoms with E-state index in [1.807, 2.05) is 12.1 Å². The van der Waals surface area contributed by atoms with Gasteiger partial charge < -0.3 is 14.2 Å². The van der Waals surface area contributed by atoms with Crippen LogP contribution < -0.4 is 0 Å². The van der Waals surface area contributed by atoms with Crippen molar-refractivity contribution in [1.82, 2.24) is 0 Å². The van der Waals surface area contributed by atoms with Crippen LogP contribution in [-0.4, -0.2) is 37.7 Å². The van der Waals surface area contributed by atoms with Gasteiger partial charge in [-0.15, -0.1) is 0 Å². The van der Waals surface area contributed by atoms with E-state index >= 15 is 0 Å². The second-order valence-electron chi connectivity index (χ2n) is 16.6. The minimum atomic E-state index is -0.780. The summed E-state index contributed by atoms with van der Waals surface area (Å²) in [7, 11) is 0. The van der Waals surface area contributed by atoms with E-state index in [2.05, 4.69) is 138 Å². The summed E-state index contributed by atoms with van der Waals surface area (Å²) in [5, 5.41) is 7.35. The lowest BCUT2D eigenvalue weighted by molar-refractivity contribution is -0.139. The Bertz CT molecular complexity index is 2820. The predicted molar refractivity (Wildman–Crippen MR) is 242 cm³/mol. The fourth-order valence-corrected chi connectivity index (χ4v) is 8.89. The molecule has 0 spiro atoms. The quantitative estimate of drug-likeness (QED) is 0.0359.